The monoisotopic (exact) mass is 431 g/mol. The van der Waals surface area contributed by atoms with Crippen molar-refractivity contribution >= 4 is 12.1 Å². The van der Waals surface area contributed by atoms with Gasteiger partial charge in [0.05, 0.1) is 0 Å². The lowest BCUT2D eigenvalue weighted by molar-refractivity contribution is -0.144. The molecule has 6 heteroatoms. The zero-order chi connectivity index (χ0) is 22.7. The number of benzene rings is 3. The van der Waals surface area contributed by atoms with Crippen LogP contribution in [0.4, 0.5) is 4.79 Å². The molecular formula is C26H25NO5. The summed E-state index contributed by atoms with van der Waals surface area (Å²) in [4.78, 5) is 24.5. The fraction of sp³-hybridized carbons (Fsp3) is 0.231. The van der Waals surface area contributed by atoms with Crippen molar-refractivity contribution in [3.63, 3.8) is 0 Å². The van der Waals surface area contributed by atoms with Gasteiger partial charge in [-0.05, 0) is 59.7 Å². The molecule has 32 heavy (non-hydrogen) atoms. The maximum absolute atomic E-state index is 12.6. The van der Waals surface area contributed by atoms with Crippen molar-refractivity contribution in [1.82, 2.24) is 5.32 Å². The van der Waals surface area contributed by atoms with E-state index in [1.54, 1.807) is 24.3 Å². The quantitative estimate of drug-likeness (QED) is 0.504. The van der Waals surface area contributed by atoms with E-state index >= 15 is 0 Å². The summed E-state index contributed by atoms with van der Waals surface area (Å²) < 4.78 is 5.51. The Balaban J connectivity index is 1.42. The Hall–Kier alpha value is -3.80. The van der Waals surface area contributed by atoms with Crippen molar-refractivity contribution in [1.29, 1.82) is 0 Å². The summed E-state index contributed by atoms with van der Waals surface area (Å²) in [6.45, 7) is 1.59. The zero-order valence-corrected chi connectivity index (χ0v) is 17.7. The summed E-state index contributed by atoms with van der Waals surface area (Å²) in [5.41, 5.74) is 3.82. The number of ether oxygens (including phenoxy) is 1. The molecule has 1 amide bonds. The first kappa shape index (κ1) is 21.4. The number of hydrogen-bond donors (Lipinski definition) is 3. The van der Waals surface area contributed by atoms with Crippen LogP contribution in [0.1, 0.15) is 36.0 Å². The highest BCUT2D eigenvalue weighted by Gasteiger charge is 2.36. The predicted molar refractivity (Wildman–Crippen MR) is 121 cm³/mol. The number of alkyl carbamates (subject to hydrolysis) is 1. The molecule has 164 valence electrons. The second kappa shape index (κ2) is 8.75. The van der Waals surface area contributed by atoms with Crippen LogP contribution < -0.4 is 5.32 Å². The van der Waals surface area contributed by atoms with E-state index in [2.05, 4.69) is 17.4 Å². The molecule has 0 heterocycles. The van der Waals surface area contributed by atoms with E-state index in [0.717, 1.165) is 27.8 Å². The summed E-state index contributed by atoms with van der Waals surface area (Å²) in [7, 11) is 0. The fourth-order valence-corrected chi connectivity index (χ4v) is 4.14. The van der Waals surface area contributed by atoms with E-state index in [9.17, 15) is 19.8 Å². The molecule has 0 saturated carbocycles. The maximum atomic E-state index is 12.6. The van der Waals surface area contributed by atoms with Crippen molar-refractivity contribution in [2.45, 2.75) is 31.2 Å². The first-order valence-electron chi connectivity index (χ1n) is 10.5. The number of rotatable bonds is 7. The summed E-state index contributed by atoms with van der Waals surface area (Å²) in [6, 6.07) is 22.6. The lowest BCUT2D eigenvalue weighted by atomic mass is 9.93. The Labute approximate surface area is 186 Å². The first-order chi connectivity index (χ1) is 15.4. The molecular weight excluding hydrogens is 406 g/mol. The minimum Gasteiger partial charge on any atom is -0.508 e. The second-order valence-electron chi connectivity index (χ2n) is 8.25. The summed E-state index contributed by atoms with van der Waals surface area (Å²) in [5.74, 6) is -1.09. The predicted octanol–water partition coefficient (Wildman–Crippen LogP) is 4.71. The number of fused-ring (bicyclic) bond motifs is 3. The van der Waals surface area contributed by atoms with Crippen LogP contribution in [0.2, 0.25) is 0 Å². The highest BCUT2D eigenvalue weighted by atomic mass is 16.5. The molecule has 0 fully saturated rings. The van der Waals surface area contributed by atoms with Crippen molar-refractivity contribution < 1.29 is 24.5 Å². The third-order valence-electron chi connectivity index (χ3n) is 6.04. The molecule has 0 bridgehead atoms. The molecule has 6 nitrogen and oxygen atoms in total. The number of phenolic OH excluding ortho intramolecular Hbond substituents is 1. The van der Waals surface area contributed by atoms with Gasteiger partial charge >= 0.3 is 12.1 Å². The van der Waals surface area contributed by atoms with Crippen LogP contribution in [0.25, 0.3) is 11.1 Å². The molecule has 0 radical (unpaired) electrons. The molecule has 3 aromatic carbocycles. The largest absolute Gasteiger partial charge is 0.508 e. The summed E-state index contributed by atoms with van der Waals surface area (Å²) in [6.07, 6.45) is -0.160. The van der Waals surface area contributed by atoms with Crippen molar-refractivity contribution in [2.75, 3.05) is 6.61 Å². The van der Waals surface area contributed by atoms with Crippen LogP contribution in [-0.2, 0) is 16.0 Å². The van der Waals surface area contributed by atoms with Gasteiger partial charge < -0.3 is 20.3 Å². The van der Waals surface area contributed by atoms with Gasteiger partial charge in [-0.3, -0.25) is 0 Å². The minimum atomic E-state index is -1.49. The van der Waals surface area contributed by atoms with E-state index in [-0.39, 0.29) is 24.7 Å². The lowest BCUT2D eigenvalue weighted by Gasteiger charge is -2.26. The number of carbonyl (C=O) groups is 2. The molecule has 1 unspecified atom stereocenters. The van der Waals surface area contributed by atoms with Gasteiger partial charge in [-0.1, -0.05) is 60.7 Å². The topological polar surface area (TPSA) is 95.9 Å². The number of carbonyl (C=O) groups excluding carboxylic acids is 1. The second-order valence-corrected chi connectivity index (χ2v) is 8.25. The average Bonchev–Trinajstić information content (AvgIpc) is 3.11. The smallest absolute Gasteiger partial charge is 0.408 e. The molecule has 0 aliphatic heterocycles. The van der Waals surface area contributed by atoms with Crippen molar-refractivity contribution in [3.05, 3.63) is 89.5 Å². The van der Waals surface area contributed by atoms with Crippen LogP contribution in [-0.4, -0.2) is 34.4 Å². The average molecular weight is 431 g/mol. The summed E-state index contributed by atoms with van der Waals surface area (Å²) in [5, 5.41) is 21.7. The van der Waals surface area contributed by atoms with E-state index in [4.69, 9.17) is 4.74 Å². The van der Waals surface area contributed by atoms with Gasteiger partial charge in [0.25, 0.3) is 0 Å². The fourth-order valence-electron chi connectivity index (χ4n) is 4.14. The third-order valence-corrected chi connectivity index (χ3v) is 6.04. The molecule has 3 N–H and O–H groups in total. The number of nitrogens with one attached hydrogen (secondary N) is 1. The standard InChI is InChI=1S/C26H25NO5/c1-26(24(29)30,15-14-17-10-12-18(28)13-11-17)27-25(31)32-16-23-21-8-4-2-6-19(21)20-7-3-5-9-22(20)23/h2-13,23,28H,14-16H2,1H3,(H,27,31)(H,29,30). The van der Waals surface area contributed by atoms with Gasteiger partial charge in [0, 0.05) is 5.92 Å². The van der Waals surface area contributed by atoms with Gasteiger partial charge in [-0.15, -0.1) is 0 Å². The highest BCUT2D eigenvalue weighted by molar-refractivity contribution is 5.84. The van der Waals surface area contributed by atoms with Crippen LogP contribution in [0.3, 0.4) is 0 Å². The van der Waals surface area contributed by atoms with E-state index in [1.165, 1.54) is 6.92 Å². The van der Waals surface area contributed by atoms with Gasteiger partial charge in [-0.2, -0.15) is 0 Å². The Kier molecular flexibility index (Phi) is 5.86. The number of aromatic hydroxyl groups is 1. The number of hydrogen-bond acceptors (Lipinski definition) is 4. The zero-order valence-electron chi connectivity index (χ0n) is 17.7. The summed E-state index contributed by atoms with van der Waals surface area (Å²) >= 11 is 0. The van der Waals surface area contributed by atoms with Gasteiger partial charge in [0.15, 0.2) is 0 Å². The van der Waals surface area contributed by atoms with Crippen molar-refractivity contribution in [3.8, 4) is 16.9 Å². The highest BCUT2D eigenvalue weighted by Crippen LogP contribution is 2.44. The number of aryl methyl sites for hydroxylation is 1. The van der Waals surface area contributed by atoms with Gasteiger partial charge in [-0.25, -0.2) is 9.59 Å². The number of aliphatic carboxylic acids is 1. The molecule has 1 atom stereocenters. The van der Waals surface area contributed by atoms with Crippen LogP contribution in [0.5, 0.6) is 5.75 Å². The van der Waals surface area contributed by atoms with Crippen molar-refractivity contribution in [2.24, 2.45) is 0 Å². The maximum Gasteiger partial charge on any atom is 0.408 e. The Bertz CT molecular complexity index is 1100. The van der Waals surface area contributed by atoms with Gasteiger partial charge in [0.1, 0.15) is 17.9 Å². The number of phenols is 1. The number of carboxylic acids is 1. The molecule has 3 aromatic rings. The van der Waals surface area contributed by atoms with Crippen LogP contribution >= 0.6 is 0 Å². The molecule has 0 saturated heterocycles. The van der Waals surface area contributed by atoms with Crippen LogP contribution in [0.15, 0.2) is 72.8 Å². The molecule has 1 aliphatic carbocycles. The molecule has 0 spiro atoms. The molecule has 1 aliphatic rings. The normalized spacial score (nSPS) is 14.2. The third kappa shape index (κ3) is 4.30. The Morgan fingerprint density at radius 1 is 0.938 bits per heavy atom. The lowest BCUT2D eigenvalue weighted by Crippen LogP contribution is -2.52. The van der Waals surface area contributed by atoms with E-state index in [0.29, 0.717) is 6.42 Å². The Morgan fingerprint density at radius 3 is 2.06 bits per heavy atom. The Morgan fingerprint density at radius 2 is 1.50 bits per heavy atom. The molecule has 4 rings (SSSR count). The minimum absolute atomic E-state index is 0.0961. The van der Waals surface area contributed by atoms with Gasteiger partial charge in [0.2, 0.25) is 0 Å². The van der Waals surface area contributed by atoms with E-state index < -0.39 is 17.6 Å². The van der Waals surface area contributed by atoms with E-state index in [1.807, 2.05) is 36.4 Å². The first-order valence-corrected chi connectivity index (χ1v) is 10.5. The number of carboxylic acid groups (broad SMARTS) is 1. The SMILES string of the molecule is CC(CCc1ccc(O)cc1)(NC(=O)OCC1c2ccccc2-c2ccccc21)C(=O)O. The number of amides is 1. The van der Waals surface area contributed by atoms with Crippen LogP contribution in [0, 0.1) is 0 Å². The molecule has 0 aromatic heterocycles.